The third-order valence-corrected chi connectivity index (χ3v) is 7.53. The Morgan fingerprint density at radius 1 is 0.879 bits per heavy atom. The Kier molecular flexibility index (Phi) is 20.7. The van der Waals surface area contributed by atoms with Crippen molar-refractivity contribution in [3.8, 4) is 0 Å². The van der Waals surface area contributed by atoms with Crippen molar-refractivity contribution in [3.63, 3.8) is 0 Å². The molecule has 194 valence electrons. The molecule has 0 aliphatic carbocycles. The van der Waals surface area contributed by atoms with Crippen LogP contribution in [-0.2, 0) is 14.3 Å². The van der Waals surface area contributed by atoms with Crippen LogP contribution in [-0.4, -0.2) is 39.1 Å². The molecule has 5 nitrogen and oxygen atoms in total. The molecular formula is C27H54N2O3Si. The number of ether oxygens (including phenoxy) is 1. The van der Waals surface area contributed by atoms with Gasteiger partial charge in [-0.2, -0.15) is 0 Å². The Balaban J connectivity index is 3.48. The number of hydrogen-bond donors (Lipinski definition) is 2. The van der Waals surface area contributed by atoms with Crippen LogP contribution >= 0.6 is 0 Å². The molecule has 1 unspecified atom stereocenters. The van der Waals surface area contributed by atoms with Gasteiger partial charge in [0, 0.05) is 21.0 Å². The zero-order valence-electron chi connectivity index (χ0n) is 22.3. The van der Waals surface area contributed by atoms with Crippen LogP contribution in [0.3, 0.4) is 0 Å². The monoisotopic (exact) mass is 482 g/mol. The largest absolute Gasteiger partial charge is 0.465 e. The number of amides is 1. The Bertz CT molecular complexity index is 518. The lowest BCUT2D eigenvalue weighted by Gasteiger charge is -2.17. The quantitative estimate of drug-likeness (QED) is 0.0775. The Hall–Kier alpha value is -1.14. The third-order valence-electron chi connectivity index (χ3n) is 5.83. The summed E-state index contributed by atoms with van der Waals surface area (Å²) in [5.74, 6) is -0.164. The molecule has 0 bridgehead atoms. The minimum atomic E-state index is -1.19. The van der Waals surface area contributed by atoms with Gasteiger partial charge in [-0.15, -0.1) is 0 Å². The van der Waals surface area contributed by atoms with Crippen molar-refractivity contribution >= 4 is 20.0 Å². The minimum absolute atomic E-state index is 0.132. The molecule has 3 N–H and O–H groups in total. The zero-order valence-corrected chi connectivity index (χ0v) is 23.3. The topological polar surface area (TPSA) is 81.4 Å². The Morgan fingerprint density at radius 2 is 1.48 bits per heavy atom. The summed E-state index contributed by atoms with van der Waals surface area (Å²) in [6.45, 7) is 10.2. The molecule has 0 spiro atoms. The van der Waals surface area contributed by atoms with Crippen LogP contribution in [0.25, 0.3) is 0 Å². The van der Waals surface area contributed by atoms with Crippen molar-refractivity contribution in [1.82, 2.24) is 5.32 Å². The molecule has 0 fully saturated rings. The van der Waals surface area contributed by atoms with Gasteiger partial charge in [-0.05, 0) is 57.4 Å². The lowest BCUT2D eigenvalue weighted by atomic mass is 10.1. The van der Waals surface area contributed by atoms with Gasteiger partial charge in [-0.25, -0.2) is 0 Å². The molecule has 33 heavy (non-hydrogen) atoms. The summed E-state index contributed by atoms with van der Waals surface area (Å²) >= 11 is 0. The normalized spacial score (nSPS) is 12.8. The minimum Gasteiger partial charge on any atom is -0.465 e. The van der Waals surface area contributed by atoms with Gasteiger partial charge >= 0.3 is 5.97 Å². The molecule has 0 saturated heterocycles. The SMILES string of the molecule is CCCCCCC/C=C/CCCCCCC(=O)NCCCCC(N)C(=O)OCC[Si](C)(C)C. The zero-order chi connectivity index (χ0) is 24.8. The number of nitrogens with two attached hydrogens (primary N) is 1. The number of unbranched alkanes of at least 4 members (excludes halogenated alkanes) is 10. The highest BCUT2D eigenvalue weighted by atomic mass is 28.3. The summed E-state index contributed by atoms with van der Waals surface area (Å²) in [6.07, 6.45) is 21.1. The van der Waals surface area contributed by atoms with E-state index in [1.807, 2.05) is 0 Å². The maximum Gasteiger partial charge on any atom is 0.322 e. The van der Waals surface area contributed by atoms with Crippen LogP contribution in [0.2, 0.25) is 25.7 Å². The van der Waals surface area contributed by atoms with Gasteiger partial charge in [0.1, 0.15) is 6.04 Å². The molecule has 0 aromatic carbocycles. The second-order valence-corrected chi connectivity index (χ2v) is 16.2. The standard InChI is InChI=1S/C27H54N2O3Si/c1-5-6-7-8-9-10-11-12-13-14-15-16-17-21-26(30)29-22-19-18-20-25(28)27(31)32-23-24-33(2,3)4/h11-12,25H,5-10,13-24,28H2,1-4H3,(H,29,30)/b12-11+. The third kappa shape index (κ3) is 23.8. The molecule has 1 atom stereocenters. The van der Waals surface area contributed by atoms with E-state index in [-0.39, 0.29) is 11.9 Å². The molecule has 0 radical (unpaired) electrons. The molecule has 0 aromatic rings. The molecule has 6 heteroatoms. The van der Waals surface area contributed by atoms with Crippen molar-refractivity contribution in [2.75, 3.05) is 13.2 Å². The molecule has 0 heterocycles. The summed E-state index contributed by atoms with van der Waals surface area (Å²) in [5, 5.41) is 2.98. The number of esters is 1. The molecule has 0 rings (SSSR count). The molecule has 0 saturated carbocycles. The van der Waals surface area contributed by atoms with E-state index in [4.69, 9.17) is 10.5 Å². The number of hydrogen-bond acceptors (Lipinski definition) is 4. The van der Waals surface area contributed by atoms with Crippen molar-refractivity contribution in [2.24, 2.45) is 5.73 Å². The summed E-state index contributed by atoms with van der Waals surface area (Å²) in [6, 6.07) is 0.413. The molecule has 0 aliphatic heterocycles. The van der Waals surface area contributed by atoms with Crippen molar-refractivity contribution in [1.29, 1.82) is 0 Å². The predicted molar refractivity (Wildman–Crippen MR) is 144 cm³/mol. The van der Waals surface area contributed by atoms with Crippen LogP contribution in [0, 0.1) is 0 Å². The maximum atomic E-state index is 11.9. The Morgan fingerprint density at radius 3 is 2.09 bits per heavy atom. The maximum absolute atomic E-state index is 11.9. The van der Waals surface area contributed by atoms with Crippen LogP contribution < -0.4 is 11.1 Å². The van der Waals surface area contributed by atoms with Gasteiger partial charge in [0.15, 0.2) is 0 Å². The van der Waals surface area contributed by atoms with E-state index in [0.29, 0.717) is 26.0 Å². The summed E-state index contributed by atoms with van der Waals surface area (Å²) in [7, 11) is -1.19. The predicted octanol–water partition coefficient (Wildman–Crippen LogP) is 6.74. The number of carbonyl (C=O) groups excluding carboxylic acids is 2. The van der Waals surface area contributed by atoms with Gasteiger partial charge in [0.05, 0.1) is 6.61 Å². The van der Waals surface area contributed by atoms with Gasteiger partial charge in [0.25, 0.3) is 0 Å². The molecular weight excluding hydrogens is 428 g/mol. The first-order valence-corrected chi connectivity index (χ1v) is 17.3. The fraction of sp³-hybridized carbons (Fsp3) is 0.852. The number of carbonyl (C=O) groups is 2. The second-order valence-electron chi connectivity index (χ2n) is 10.6. The molecule has 0 aromatic heterocycles. The van der Waals surface area contributed by atoms with Gasteiger partial charge in [0.2, 0.25) is 5.91 Å². The molecule has 1 amide bonds. The Labute approximate surface area is 205 Å². The van der Waals surface area contributed by atoms with Crippen molar-refractivity contribution in [3.05, 3.63) is 12.2 Å². The van der Waals surface area contributed by atoms with E-state index in [9.17, 15) is 9.59 Å². The van der Waals surface area contributed by atoms with Gasteiger partial charge < -0.3 is 15.8 Å². The van der Waals surface area contributed by atoms with E-state index in [1.165, 1.54) is 51.4 Å². The van der Waals surface area contributed by atoms with Crippen LogP contribution in [0.4, 0.5) is 0 Å². The molecule has 0 aliphatic rings. The van der Waals surface area contributed by atoms with Gasteiger partial charge in [-0.1, -0.05) is 77.2 Å². The number of allylic oxidation sites excluding steroid dienone is 2. The second kappa shape index (κ2) is 21.4. The first kappa shape index (κ1) is 31.9. The number of rotatable bonds is 22. The van der Waals surface area contributed by atoms with Crippen LogP contribution in [0.15, 0.2) is 12.2 Å². The first-order valence-electron chi connectivity index (χ1n) is 13.6. The number of nitrogens with one attached hydrogen (secondary N) is 1. The smallest absolute Gasteiger partial charge is 0.322 e. The first-order chi connectivity index (χ1) is 15.8. The highest BCUT2D eigenvalue weighted by Gasteiger charge is 2.17. The fourth-order valence-corrected chi connectivity index (χ4v) is 4.21. The van der Waals surface area contributed by atoms with E-state index in [1.54, 1.807) is 0 Å². The summed E-state index contributed by atoms with van der Waals surface area (Å²) < 4.78 is 5.29. The summed E-state index contributed by atoms with van der Waals surface area (Å²) in [5.41, 5.74) is 5.92. The lowest BCUT2D eigenvalue weighted by molar-refractivity contribution is -0.144. The fourth-order valence-electron chi connectivity index (χ4n) is 3.49. The summed E-state index contributed by atoms with van der Waals surface area (Å²) in [4.78, 5) is 23.8. The van der Waals surface area contributed by atoms with E-state index in [0.717, 1.165) is 38.1 Å². The highest BCUT2D eigenvalue weighted by molar-refractivity contribution is 6.76. The van der Waals surface area contributed by atoms with Crippen LogP contribution in [0.1, 0.15) is 103 Å². The van der Waals surface area contributed by atoms with E-state index < -0.39 is 14.1 Å². The van der Waals surface area contributed by atoms with Crippen molar-refractivity contribution < 1.29 is 14.3 Å². The van der Waals surface area contributed by atoms with Gasteiger partial charge in [-0.3, -0.25) is 9.59 Å². The van der Waals surface area contributed by atoms with E-state index >= 15 is 0 Å². The van der Waals surface area contributed by atoms with E-state index in [2.05, 4.69) is 44.0 Å². The van der Waals surface area contributed by atoms with Crippen molar-refractivity contribution in [2.45, 2.75) is 135 Å². The lowest BCUT2D eigenvalue weighted by Crippen LogP contribution is -2.34. The highest BCUT2D eigenvalue weighted by Crippen LogP contribution is 2.10. The van der Waals surface area contributed by atoms with Crippen LogP contribution in [0.5, 0.6) is 0 Å². The average molecular weight is 483 g/mol. The average Bonchev–Trinajstić information content (AvgIpc) is 2.75.